The van der Waals surface area contributed by atoms with Crippen molar-refractivity contribution in [2.24, 2.45) is 0 Å². The first-order chi connectivity index (χ1) is 12.3. The maximum atomic E-state index is 12.1. The second-order valence-corrected chi connectivity index (χ2v) is 7.85. The fourth-order valence-electron chi connectivity index (χ4n) is 2.26. The van der Waals surface area contributed by atoms with E-state index in [1.807, 2.05) is 24.3 Å². The minimum atomic E-state index is -3.54. The van der Waals surface area contributed by atoms with Gasteiger partial charge in [0, 0.05) is 11.7 Å². The van der Waals surface area contributed by atoms with E-state index < -0.39 is 10.0 Å². The van der Waals surface area contributed by atoms with Gasteiger partial charge in [-0.15, -0.1) is 0 Å². The highest BCUT2D eigenvalue weighted by Crippen LogP contribution is 2.15. The summed E-state index contributed by atoms with van der Waals surface area (Å²) in [4.78, 5) is 12.1. The molecule has 7 heteroatoms. The lowest BCUT2D eigenvalue weighted by Crippen LogP contribution is -2.30. The molecule has 0 aliphatic rings. The predicted octanol–water partition coefficient (Wildman–Crippen LogP) is 2.95. The van der Waals surface area contributed by atoms with Crippen molar-refractivity contribution in [1.29, 1.82) is 0 Å². The molecule has 2 aromatic carbocycles. The number of amides is 1. The van der Waals surface area contributed by atoms with Gasteiger partial charge in [-0.3, -0.25) is 4.79 Å². The fourth-order valence-corrected chi connectivity index (χ4v) is 3.51. The molecule has 2 aromatic rings. The van der Waals surface area contributed by atoms with Crippen LogP contribution >= 0.6 is 0 Å². The Morgan fingerprint density at radius 1 is 1.04 bits per heavy atom. The molecule has 140 valence electrons. The van der Waals surface area contributed by atoms with E-state index in [1.165, 1.54) is 17.7 Å². The molecule has 0 radical (unpaired) electrons. The quantitative estimate of drug-likeness (QED) is 0.742. The highest BCUT2D eigenvalue weighted by Gasteiger charge is 2.15. The van der Waals surface area contributed by atoms with E-state index in [9.17, 15) is 13.2 Å². The van der Waals surface area contributed by atoms with Crippen LogP contribution in [0.2, 0.25) is 0 Å². The summed E-state index contributed by atoms with van der Waals surface area (Å²) in [6.07, 6.45) is 0.944. The van der Waals surface area contributed by atoms with Crippen molar-refractivity contribution >= 4 is 21.6 Å². The van der Waals surface area contributed by atoms with Gasteiger partial charge in [0.05, 0.1) is 4.90 Å². The average molecular weight is 376 g/mol. The number of hydrogen-bond acceptors (Lipinski definition) is 4. The first-order valence-electron chi connectivity index (χ1n) is 8.44. The van der Waals surface area contributed by atoms with Crippen LogP contribution in [-0.4, -0.2) is 27.0 Å². The van der Waals surface area contributed by atoms with Crippen LogP contribution in [0.25, 0.3) is 0 Å². The average Bonchev–Trinajstić information content (AvgIpc) is 2.60. The topological polar surface area (TPSA) is 84.5 Å². The van der Waals surface area contributed by atoms with Gasteiger partial charge in [-0.2, -0.15) is 0 Å². The Bertz CT molecular complexity index is 829. The molecule has 0 fully saturated rings. The number of aryl methyl sites for hydroxylation is 1. The van der Waals surface area contributed by atoms with Crippen molar-refractivity contribution < 1.29 is 17.9 Å². The minimum absolute atomic E-state index is 0.125. The summed E-state index contributed by atoms with van der Waals surface area (Å²) in [7, 11) is -3.54. The third kappa shape index (κ3) is 5.86. The number of ether oxygens (including phenoxy) is 1. The standard InChI is InChI=1S/C19H24N2O4S/c1-4-15-5-9-17(10-6-15)25-13-19(22)20-16-7-11-18(12-8-16)26(23,24)21-14(2)3/h5-12,14,21H,4,13H2,1-3H3,(H,20,22). The molecule has 26 heavy (non-hydrogen) atoms. The molecule has 0 saturated carbocycles. The second-order valence-electron chi connectivity index (χ2n) is 6.13. The molecule has 0 unspecified atom stereocenters. The van der Waals surface area contributed by atoms with E-state index in [0.29, 0.717) is 11.4 Å². The molecule has 0 saturated heterocycles. The second kappa shape index (κ2) is 8.82. The zero-order valence-corrected chi connectivity index (χ0v) is 16.0. The number of carbonyl (C=O) groups is 1. The highest BCUT2D eigenvalue weighted by molar-refractivity contribution is 7.89. The van der Waals surface area contributed by atoms with Gasteiger partial charge < -0.3 is 10.1 Å². The smallest absolute Gasteiger partial charge is 0.262 e. The van der Waals surface area contributed by atoms with E-state index in [0.717, 1.165) is 6.42 Å². The van der Waals surface area contributed by atoms with Gasteiger partial charge in [-0.05, 0) is 62.2 Å². The summed E-state index contributed by atoms with van der Waals surface area (Å²) in [6.45, 7) is 5.45. The zero-order valence-electron chi connectivity index (χ0n) is 15.2. The molecular formula is C19H24N2O4S. The van der Waals surface area contributed by atoms with E-state index in [1.54, 1.807) is 26.0 Å². The largest absolute Gasteiger partial charge is 0.484 e. The molecular weight excluding hydrogens is 352 g/mol. The van der Waals surface area contributed by atoms with Crippen molar-refractivity contribution in [3.63, 3.8) is 0 Å². The predicted molar refractivity (Wildman–Crippen MR) is 102 cm³/mol. The Hall–Kier alpha value is -2.38. The van der Waals surface area contributed by atoms with Crippen molar-refractivity contribution in [1.82, 2.24) is 4.72 Å². The van der Waals surface area contributed by atoms with Crippen molar-refractivity contribution in [2.45, 2.75) is 38.1 Å². The van der Waals surface area contributed by atoms with E-state index in [4.69, 9.17) is 4.74 Å². The number of carbonyl (C=O) groups excluding carboxylic acids is 1. The van der Waals surface area contributed by atoms with Gasteiger partial charge in [-0.1, -0.05) is 19.1 Å². The van der Waals surface area contributed by atoms with Crippen LogP contribution in [0.3, 0.4) is 0 Å². The Labute approximate surface area is 154 Å². The third-order valence-corrected chi connectivity index (χ3v) is 5.22. The highest BCUT2D eigenvalue weighted by atomic mass is 32.2. The van der Waals surface area contributed by atoms with Crippen molar-refractivity contribution in [3.8, 4) is 5.75 Å². The van der Waals surface area contributed by atoms with Crippen LogP contribution in [0, 0.1) is 0 Å². The Kier molecular flexibility index (Phi) is 6.76. The van der Waals surface area contributed by atoms with Gasteiger partial charge in [0.25, 0.3) is 5.91 Å². The Morgan fingerprint density at radius 2 is 1.65 bits per heavy atom. The lowest BCUT2D eigenvalue weighted by atomic mass is 10.2. The number of rotatable bonds is 8. The van der Waals surface area contributed by atoms with Crippen LogP contribution in [0.4, 0.5) is 5.69 Å². The Balaban J connectivity index is 1.90. The summed E-state index contributed by atoms with van der Waals surface area (Å²) in [5, 5.41) is 2.67. The molecule has 0 aliphatic heterocycles. The molecule has 0 heterocycles. The summed E-state index contributed by atoms with van der Waals surface area (Å²) < 4.78 is 32.1. The molecule has 0 bridgehead atoms. The summed E-state index contributed by atoms with van der Waals surface area (Å²) in [5.41, 5.74) is 1.70. The number of nitrogens with one attached hydrogen (secondary N) is 2. The van der Waals surface area contributed by atoms with Gasteiger partial charge in [0.1, 0.15) is 5.75 Å². The monoisotopic (exact) mass is 376 g/mol. The zero-order chi connectivity index (χ0) is 19.2. The molecule has 0 spiro atoms. The summed E-state index contributed by atoms with van der Waals surface area (Å²) in [5.74, 6) is 0.305. The van der Waals surface area contributed by atoms with E-state index >= 15 is 0 Å². The van der Waals surface area contributed by atoms with Crippen LogP contribution in [0.5, 0.6) is 5.75 Å². The van der Waals surface area contributed by atoms with Crippen LogP contribution in [-0.2, 0) is 21.2 Å². The normalized spacial score (nSPS) is 11.4. The van der Waals surface area contributed by atoms with Crippen LogP contribution in [0.1, 0.15) is 26.3 Å². The first-order valence-corrected chi connectivity index (χ1v) is 9.92. The first kappa shape index (κ1) is 19.9. The molecule has 2 N–H and O–H groups in total. The molecule has 0 atom stereocenters. The van der Waals surface area contributed by atoms with Gasteiger partial charge in [0.2, 0.25) is 10.0 Å². The van der Waals surface area contributed by atoms with Gasteiger partial charge in [-0.25, -0.2) is 13.1 Å². The molecule has 2 rings (SSSR count). The minimum Gasteiger partial charge on any atom is -0.484 e. The number of hydrogen-bond donors (Lipinski definition) is 2. The van der Waals surface area contributed by atoms with Crippen LogP contribution < -0.4 is 14.8 Å². The van der Waals surface area contributed by atoms with E-state index in [-0.39, 0.29) is 23.5 Å². The van der Waals surface area contributed by atoms with E-state index in [2.05, 4.69) is 17.0 Å². The summed E-state index contributed by atoms with van der Waals surface area (Å²) >= 11 is 0. The maximum absolute atomic E-state index is 12.1. The fraction of sp³-hybridized carbons (Fsp3) is 0.316. The van der Waals surface area contributed by atoms with Crippen molar-refractivity contribution in [3.05, 3.63) is 54.1 Å². The number of benzene rings is 2. The van der Waals surface area contributed by atoms with Gasteiger partial charge in [0.15, 0.2) is 6.61 Å². The maximum Gasteiger partial charge on any atom is 0.262 e. The van der Waals surface area contributed by atoms with Crippen molar-refractivity contribution in [2.75, 3.05) is 11.9 Å². The SMILES string of the molecule is CCc1ccc(OCC(=O)Nc2ccc(S(=O)(=O)NC(C)C)cc2)cc1. The number of anilines is 1. The Morgan fingerprint density at radius 3 is 2.19 bits per heavy atom. The lowest BCUT2D eigenvalue weighted by Gasteiger charge is -2.11. The molecule has 0 aliphatic carbocycles. The number of sulfonamides is 1. The third-order valence-electron chi connectivity index (χ3n) is 3.54. The lowest BCUT2D eigenvalue weighted by molar-refractivity contribution is -0.118. The van der Waals surface area contributed by atoms with Gasteiger partial charge >= 0.3 is 0 Å². The molecule has 6 nitrogen and oxygen atoms in total. The molecule has 0 aromatic heterocycles. The molecule has 1 amide bonds. The summed E-state index contributed by atoms with van der Waals surface area (Å²) in [6, 6.07) is 13.4. The van der Waals surface area contributed by atoms with Crippen LogP contribution in [0.15, 0.2) is 53.4 Å².